The van der Waals surface area contributed by atoms with Gasteiger partial charge in [-0.15, -0.1) is 0 Å². The summed E-state index contributed by atoms with van der Waals surface area (Å²) < 4.78 is 11.4. The third-order valence-electron chi connectivity index (χ3n) is 3.42. The van der Waals surface area contributed by atoms with E-state index in [1.165, 1.54) is 12.8 Å². The van der Waals surface area contributed by atoms with Crippen LogP contribution in [0.1, 0.15) is 18.6 Å². The first kappa shape index (κ1) is 12.5. The summed E-state index contributed by atoms with van der Waals surface area (Å²) in [6.07, 6.45) is 2.73. The lowest BCUT2D eigenvalue weighted by molar-refractivity contribution is 0.109. The monoisotopic (exact) mass is 257 g/mol. The Kier molecular flexibility index (Phi) is 3.96. The Morgan fingerprint density at radius 1 is 1.11 bits per heavy atom. The van der Waals surface area contributed by atoms with E-state index in [9.17, 15) is 0 Å². The van der Waals surface area contributed by atoms with Crippen LogP contribution in [0.25, 0.3) is 11.3 Å². The largest absolute Gasteiger partial charge is 0.460 e. The molecule has 3 nitrogen and oxygen atoms in total. The van der Waals surface area contributed by atoms with E-state index in [2.05, 4.69) is 17.4 Å². The molecule has 1 aliphatic heterocycles. The quantitative estimate of drug-likeness (QED) is 0.893. The maximum absolute atomic E-state index is 5.83. The topological polar surface area (TPSA) is 34.4 Å². The van der Waals surface area contributed by atoms with Gasteiger partial charge in [0, 0.05) is 18.7 Å². The highest BCUT2D eigenvalue weighted by molar-refractivity contribution is 5.57. The predicted molar refractivity (Wildman–Crippen MR) is 74.8 cm³/mol. The minimum Gasteiger partial charge on any atom is -0.460 e. The van der Waals surface area contributed by atoms with Crippen molar-refractivity contribution in [3.63, 3.8) is 0 Å². The normalized spacial score (nSPS) is 18.8. The van der Waals surface area contributed by atoms with Crippen molar-refractivity contribution < 1.29 is 9.15 Å². The molecule has 0 radical (unpaired) electrons. The molecule has 1 aromatic heterocycles. The number of nitrogens with one attached hydrogen (secondary N) is 1. The van der Waals surface area contributed by atoms with Crippen molar-refractivity contribution in [1.29, 1.82) is 0 Å². The number of ether oxygens (including phenoxy) is 1. The van der Waals surface area contributed by atoms with Crippen LogP contribution in [0.5, 0.6) is 0 Å². The number of furan rings is 1. The van der Waals surface area contributed by atoms with Crippen molar-refractivity contribution >= 4 is 0 Å². The third kappa shape index (κ3) is 3.25. The van der Waals surface area contributed by atoms with Crippen LogP contribution in [0.15, 0.2) is 46.9 Å². The minimum absolute atomic E-state index is 0.378. The van der Waals surface area contributed by atoms with E-state index in [-0.39, 0.29) is 0 Å². The minimum atomic E-state index is 0.378. The van der Waals surface area contributed by atoms with Gasteiger partial charge in [0.25, 0.3) is 0 Å². The Morgan fingerprint density at radius 3 is 2.79 bits per heavy atom. The maximum atomic E-state index is 5.83. The summed E-state index contributed by atoms with van der Waals surface area (Å²) in [4.78, 5) is 0. The van der Waals surface area contributed by atoms with Crippen LogP contribution >= 0.6 is 0 Å². The Bertz CT molecular complexity index is 500. The van der Waals surface area contributed by atoms with E-state index in [1.54, 1.807) is 0 Å². The molecule has 0 amide bonds. The van der Waals surface area contributed by atoms with Crippen LogP contribution in [-0.4, -0.2) is 19.3 Å². The van der Waals surface area contributed by atoms with Gasteiger partial charge in [-0.25, -0.2) is 0 Å². The van der Waals surface area contributed by atoms with Gasteiger partial charge in [-0.1, -0.05) is 30.3 Å². The van der Waals surface area contributed by atoms with Crippen molar-refractivity contribution in [3.05, 3.63) is 48.2 Å². The molecule has 19 heavy (non-hydrogen) atoms. The molecule has 1 unspecified atom stereocenters. The van der Waals surface area contributed by atoms with Gasteiger partial charge in [0.2, 0.25) is 0 Å². The van der Waals surface area contributed by atoms with Gasteiger partial charge >= 0.3 is 0 Å². The second-order valence-electron chi connectivity index (χ2n) is 4.90. The second-order valence-corrected chi connectivity index (χ2v) is 4.90. The molecule has 3 rings (SSSR count). The number of hydrogen-bond donors (Lipinski definition) is 1. The lowest BCUT2D eigenvalue weighted by atomic mass is 10.2. The summed E-state index contributed by atoms with van der Waals surface area (Å²) in [5.74, 6) is 1.89. The summed E-state index contributed by atoms with van der Waals surface area (Å²) in [5.41, 5.74) is 1.12. The Hall–Kier alpha value is -1.58. The molecule has 1 fully saturated rings. The van der Waals surface area contributed by atoms with Gasteiger partial charge in [0.05, 0.1) is 12.6 Å². The highest BCUT2D eigenvalue weighted by Gasteiger charge is 2.14. The van der Waals surface area contributed by atoms with Crippen LogP contribution in [0.3, 0.4) is 0 Å². The Labute approximate surface area is 113 Å². The molecule has 1 aromatic carbocycles. The number of rotatable bonds is 5. The molecular formula is C16H19NO2. The standard InChI is InChI=1S/C16H19NO2/c1-2-5-13(6-3-1)16-9-8-15(19-16)12-17-11-14-7-4-10-18-14/h1-3,5-6,8-9,14,17H,4,7,10-12H2. The molecule has 2 heterocycles. The van der Waals surface area contributed by atoms with Gasteiger partial charge in [-0.05, 0) is 25.0 Å². The van der Waals surface area contributed by atoms with Gasteiger partial charge in [-0.3, -0.25) is 0 Å². The predicted octanol–water partition coefficient (Wildman–Crippen LogP) is 3.22. The van der Waals surface area contributed by atoms with Crippen molar-refractivity contribution in [2.24, 2.45) is 0 Å². The zero-order valence-electron chi connectivity index (χ0n) is 11.0. The number of benzene rings is 1. The molecule has 2 aromatic rings. The summed E-state index contributed by atoms with van der Waals surface area (Å²) in [7, 11) is 0. The third-order valence-corrected chi connectivity index (χ3v) is 3.42. The van der Waals surface area contributed by atoms with E-state index in [0.717, 1.165) is 36.8 Å². The fraction of sp³-hybridized carbons (Fsp3) is 0.375. The molecule has 0 spiro atoms. The zero-order valence-corrected chi connectivity index (χ0v) is 11.0. The van der Waals surface area contributed by atoms with Gasteiger partial charge in [0.15, 0.2) is 0 Å². The van der Waals surface area contributed by atoms with Crippen LogP contribution in [0.4, 0.5) is 0 Å². The first-order valence-corrected chi connectivity index (χ1v) is 6.88. The van der Waals surface area contributed by atoms with Gasteiger partial charge in [-0.2, -0.15) is 0 Å². The second kappa shape index (κ2) is 6.04. The summed E-state index contributed by atoms with van der Waals surface area (Å²) in [6.45, 7) is 2.57. The summed E-state index contributed by atoms with van der Waals surface area (Å²) >= 11 is 0. The average molecular weight is 257 g/mol. The van der Waals surface area contributed by atoms with Crippen LogP contribution < -0.4 is 5.32 Å². The molecule has 1 atom stereocenters. The lowest BCUT2D eigenvalue weighted by Crippen LogP contribution is -2.25. The molecule has 0 bridgehead atoms. The Balaban J connectivity index is 1.53. The van der Waals surface area contributed by atoms with E-state index in [0.29, 0.717) is 6.10 Å². The van der Waals surface area contributed by atoms with Crippen molar-refractivity contribution in [2.45, 2.75) is 25.5 Å². The van der Waals surface area contributed by atoms with Gasteiger partial charge < -0.3 is 14.5 Å². The highest BCUT2D eigenvalue weighted by Crippen LogP contribution is 2.21. The molecule has 0 aliphatic carbocycles. The molecule has 100 valence electrons. The molecule has 1 N–H and O–H groups in total. The van der Waals surface area contributed by atoms with Crippen molar-refractivity contribution in [1.82, 2.24) is 5.32 Å². The van der Waals surface area contributed by atoms with Gasteiger partial charge in [0.1, 0.15) is 11.5 Å². The fourth-order valence-corrected chi connectivity index (χ4v) is 2.39. The SMILES string of the molecule is c1ccc(-c2ccc(CNCC3CCCO3)o2)cc1. The average Bonchev–Trinajstić information content (AvgIpc) is 3.11. The highest BCUT2D eigenvalue weighted by atomic mass is 16.5. The first-order chi connectivity index (χ1) is 9.42. The van der Waals surface area contributed by atoms with Crippen LogP contribution in [0.2, 0.25) is 0 Å². The first-order valence-electron chi connectivity index (χ1n) is 6.88. The smallest absolute Gasteiger partial charge is 0.134 e. The van der Waals surface area contributed by atoms with Crippen LogP contribution in [0, 0.1) is 0 Å². The van der Waals surface area contributed by atoms with Crippen molar-refractivity contribution in [2.75, 3.05) is 13.2 Å². The maximum Gasteiger partial charge on any atom is 0.134 e. The van der Waals surface area contributed by atoms with E-state index < -0.39 is 0 Å². The lowest BCUT2D eigenvalue weighted by Gasteiger charge is -2.09. The van der Waals surface area contributed by atoms with Crippen LogP contribution in [-0.2, 0) is 11.3 Å². The molecule has 3 heteroatoms. The molecule has 1 saturated heterocycles. The van der Waals surface area contributed by atoms with E-state index >= 15 is 0 Å². The summed E-state index contributed by atoms with van der Waals surface area (Å²) in [5, 5.41) is 3.39. The van der Waals surface area contributed by atoms with E-state index in [4.69, 9.17) is 9.15 Å². The molecule has 0 saturated carbocycles. The molecular weight excluding hydrogens is 238 g/mol. The molecule has 1 aliphatic rings. The van der Waals surface area contributed by atoms with Crippen molar-refractivity contribution in [3.8, 4) is 11.3 Å². The number of hydrogen-bond acceptors (Lipinski definition) is 3. The van der Waals surface area contributed by atoms with E-state index in [1.807, 2.05) is 30.3 Å². The zero-order chi connectivity index (χ0) is 12.9. The Morgan fingerprint density at radius 2 is 2.00 bits per heavy atom. The summed E-state index contributed by atoms with van der Waals surface area (Å²) in [6, 6.07) is 14.2. The fourth-order valence-electron chi connectivity index (χ4n) is 2.39.